The summed E-state index contributed by atoms with van der Waals surface area (Å²) in [5.41, 5.74) is 2.13. The van der Waals surface area contributed by atoms with E-state index < -0.39 is 0 Å². The Kier molecular flexibility index (Phi) is 5.43. The number of hydrogen-bond acceptors (Lipinski definition) is 4. The number of carbonyl (C=O) groups is 1. The summed E-state index contributed by atoms with van der Waals surface area (Å²) >= 11 is 6.11. The molecule has 126 valence electrons. The first-order valence-electron chi connectivity index (χ1n) is 8.15. The van der Waals surface area contributed by atoms with E-state index in [2.05, 4.69) is 27.2 Å². The highest BCUT2D eigenvalue weighted by atomic mass is 35.5. The number of likely N-dealkylation sites (N-methyl/N-ethyl adjacent to an activating group) is 1. The van der Waals surface area contributed by atoms with Gasteiger partial charge in [-0.15, -0.1) is 0 Å². The zero-order chi connectivity index (χ0) is 16.9. The maximum Gasteiger partial charge on any atom is 0.271 e. The second kappa shape index (κ2) is 7.73. The molecule has 3 rings (SSSR count). The Morgan fingerprint density at radius 1 is 1.38 bits per heavy atom. The van der Waals surface area contributed by atoms with E-state index in [0.29, 0.717) is 23.2 Å². The van der Waals surface area contributed by atoms with Crippen LogP contribution in [-0.2, 0) is 6.54 Å². The van der Waals surface area contributed by atoms with E-state index >= 15 is 0 Å². The van der Waals surface area contributed by atoms with Gasteiger partial charge in [0.05, 0.1) is 11.9 Å². The summed E-state index contributed by atoms with van der Waals surface area (Å²) in [6.45, 7) is 2.44. The van der Waals surface area contributed by atoms with Gasteiger partial charge in [0.25, 0.3) is 5.91 Å². The molecule has 2 aromatic rings. The summed E-state index contributed by atoms with van der Waals surface area (Å²) in [4.78, 5) is 23.4. The quantitative estimate of drug-likeness (QED) is 0.926. The van der Waals surface area contributed by atoms with Crippen molar-refractivity contribution in [2.75, 3.05) is 20.1 Å². The Labute approximate surface area is 147 Å². The number of amides is 1. The standard InChI is InChI=1S/C18H21ClN4O/c1-23-8-4-6-14(12-23)16-10-20-11-17(22-16)18(24)21-9-13-5-2-3-7-15(13)19/h2-3,5,7,10-11,14H,4,6,8-9,12H2,1H3,(H,21,24)/t14-/m1/s1. The molecule has 0 saturated carbocycles. The summed E-state index contributed by atoms with van der Waals surface area (Å²) in [6, 6.07) is 7.46. The Morgan fingerprint density at radius 3 is 3.00 bits per heavy atom. The zero-order valence-electron chi connectivity index (χ0n) is 13.7. The van der Waals surface area contributed by atoms with Crippen LogP contribution in [0.4, 0.5) is 0 Å². The molecule has 0 bridgehead atoms. The van der Waals surface area contributed by atoms with Gasteiger partial charge in [-0.2, -0.15) is 0 Å². The van der Waals surface area contributed by atoms with Crippen LogP contribution in [-0.4, -0.2) is 40.9 Å². The number of nitrogens with one attached hydrogen (secondary N) is 1. The molecule has 0 aliphatic carbocycles. The summed E-state index contributed by atoms with van der Waals surface area (Å²) in [6.07, 6.45) is 5.52. The molecular weight excluding hydrogens is 324 g/mol. The average molecular weight is 345 g/mol. The maximum atomic E-state index is 12.4. The van der Waals surface area contributed by atoms with Crippen LogP contribution in [0, 0.1) is 0 Å². The first-order chi connectivity index (χ1) is 11.6. The minimum atomic E-state index is -0.228. The normalized spacial score (nSPS) is 18.3. The maximum absolute atomic E-state index is 12.4. The second-order valence-corrected chi connectivity index (χ2v) is 6.61. The topological polar surface area (TPSA) is 58.1 Å². The third-order valence-corrected chi connectivity index (χ3v) is 4.69. The van der Waals surface area contributed by atoms with Crippen molar-refractivity contribution in [2.24, 2.45) is 0 Å². The summed E-state index contributed by atoms with van der Waals surface area (Å²) in [5, 5.41) is 3.50. The van der Waals surface area contributed by atoms with Gasteiger partial charge in [0.15, 0.2) is 0 Å². The lowest BCUT2D eigenvalue weighted by atomic mass is 9.95. The van der Waals surface area contributed by atoms with Crippen LogP contribution in [0.2, 0.25) is 5.02 Å². The molecule has 0 unspecified atom stereocenters. The molecule has 1 amide bonds. The molecule has 1 aromatic carbocycles. The van der Waals surface area contributed by atoms with Crippen molar-refractivity contribution in [3.63, 3.8) is 0 Å². The highest BCUT2D eigenvalue weighted by Gasteiger charge is 2.21. The largest absolute Gasteiger partial charge is 0.347 e. The predicted octanol–water partition coefficient (Wildman–Crippen LogP) is 2.87. The van der Waals surface area contributed by atoms with Gasteiger partial charge in [-0.05, 0) is 38.1 Å². The Balaban J connectivity index is 1.67. The molecule has 1 aliphatic rings. The number of aromatic nitrogens is 2. The fourth-order valence-corrected chi connectivity index (χ4v) is 3.21. The van der Waals surface area contributed by atoms with Crippen molar-refractivity contribution in [2.45, 2.75) is 25.3 Å². The van der Waals surface area contributed by atoms with Crippen LogP contribution >= 0.6 is 11.6 Å². The Hall–Kier alpha value is -1.98. The number of piperidine rings is 1. The molecule has 0 spiro atoms. The molecule has 1 N–H and O–H groups in total. The number of nitrogens with zero attached hydrogens (tertiary/aromatic N) is 3. The predicted molar refractivity (Wildman–Crippen MR) is 94.1 cm³/mol. The van der Waals surface area contributed by atoms with Gasteiger partial charge in [-0.1, -0.05) is 29.8 Å². The second-order valence-electron chi connectivity index (χ2n) is 6.20. The molecule has 2 heterocycles. The third-order valence-electron chi connectivity index (χ3n) is 4.33. The first kappa shape index (κ1) is 16.9. The van der Waals surface area contributed by atoms with Crippen LogP contribution in [0.25, 0.3) is 0 Å². The molecule has 1 aromatic heterocycles. The van der Waals surface area contributed by atoms with Crippen molar-refractivity contribution in [1.82, 2.24) is 20.2 Å². The van der Waals surface area contributed by atoms with E-state index in [1.807, 2.05) is 24.3 Å². The highest BCUT2D eigenvalue weighted by Crippen LogP contribution is 2.24. The molecule has 5 nitrogen and oxygen atoms in total. The van der Waals surface area contributed by atoms with Gasteiger partial charge in [0, 0.05) is 30.2 Å². The molecule has 1 fully saturated rings. The van der Waals surface area contributed by atoms with Crippen LogP contribution < -0.4 is 5.32 Å². The van der Waals surface area contributed by atoms with E-state index in [-0.39, 0.29) is 5.91 Å². The monoisotopic (exact) mass is 344 g/mol. The summed E-state index contributed by atoms with van der Waals surface area (Å²) in [7, 11) is 2.11. The van der Waals surface area contributed by atoms with Gasteiger partial charge in [0.1, 0.15) is 5.69 Å². The lowest BCUT2D eigenvalue weighted by molar-refractivity contribution is 0.0945. The number of benzene rings is 1. The van der Waals surface area contributed by atoms with E-state index in [4.69, 9.17) is 11.6 Å². The van der Waals surface area contributed by atoms with Crippen molar-refractivity contribution < 1.29 is 4.79 Å². The molecule has 1 saturated heterocycles. The molecular formula is C18H21ClN4O. The number of likely N-dealkylation sites (tertiary alicyclic amines) is 1. The fourth-order valence-electron chi connectivity index (χ4n) is 3.00. The third kappa shape index (κ3) is 4.10. The van der Waals surface area contributed by atoms with E-state index in [1.54, 1.807) is 6.20 Å². The van der Waals surface area contributed by atoms with Gasteiger partial charge in [-0.3, -0.25) is 9.78 Å². The fraction of sp³-hybridized carbons (Fsp3) is 0.389. The lowest BCUT2D eigenvalue weighted by Gasteiger charge is -2.29. The minimum absolute atomic E-state index is 0.228. The summed E-state index contributed by atoms with van der Waals surface area (Å²) in [5.74, 6) is 0.112. The molecule has 1 aliphatic heterocycles. The molecule has 0 radical (unpaired) electrons. The van der Waals surface area contributed by atoms with Gasteiger partial charge < -0.3 is 10.2 Å². The smallest absolute Gasteiger partial charge is 0.271 e. The average Bonchev–Trinajstić information content (AvgIpc) is 2.61. The van der Waals surface area contributed by atoms with Crippen LogP contribution in [0.1, 0.15) is 40.5 Å². The number of carbonyl (C=O) groups excluding carboxylic acids is 1. The van der Waals surface area contributed by atoms with Crippen LogP contribution in [0.3, 0.4) is 0 Å². The Bertz CT molecular complexity index is 722. The van der Waals surface area contributed by atoms with Crippen molar-refractivity contribution in [3.05, 3.63) is 58.6 Å². The van der Waals surface area contributed by atoms with E-state index in [9.17, 15) is 4.79 Å². The number of halogens is 1. The zero-order valence-corrected chi connectivity index (χ0v) is 14.5. The van der Waals surface area contributed by atoms with Gasteiger partial charge >= 0.3 is 0 Å². The van der Waals surface area contributed by atoms with Crippen molar-refractivity contribution in [1.29, 1.82) is 0 Å². The van der Waals surface area contributed by atoms with Crippen molar-refractivity contribution >= 4 is 17.5 Å². The van der Waals surface area contributed by atoms with Crippen molar-refractivity contribution in [3.8, 4) is 0 Å². The van der Waals surface area contributed by atoms with Crippen LogP contribution in [0.15, 0.2) is 36.7 Å². The minimum Gasteiger partial charge on any atom is -0.347 e. The van der Waals surface area contributed by atoms with Gasteiger partial charge in [-0.25, -0.2) is 4.98 Å². The summed E-state index contributed by atoms with van der Waals surface area (Å²) < 4.78 is 0. The van der Waals surface area contributed by atoms with Crippen LogP contribution in [0.5, 0.6) is 0 Å². The van der Waals surface area contributed by atoms with E-state index in [1.165, 1.54) is 6.20 Å². The van der Waals surface area contributed by atoms with Gasteiger partial charge in [0.2, 0.25) is 0 Å². The molecule has 1 atom stereocenters. The number of hydrogen-bond donors (Lipinski definition) is 1. The SMILES string of the molecule is CN1CCC[C@@H](c2cncc(C(=O)NCc3ccccc3Cl)n2)C1. The highest BCUT2D eigenvalue weighted by molar-refractivity contribution is 6.31. The Morgan fingerprint density at radius 2 is 2.21 bits per heavy atom. The first-order valence-corrected chi connectivity index (χ1v) is 8.53. The van der Waals surface area contributed by atoms with E-state index in [0.717, 1.165) is 37.2 Å². The number of rotatable bonds is 4. The lowest BCUT2D eigenvalue weighted by Crippen LogP contribution is -2.32. The molecule has 24 heavy (non-hydrogen) atoms. The molecule has 6 heteroatoms.